The zero-order valence-corrected chi connectivity index (χ0v) is 11.3. The Hall–Kier alpha value is -1.42. The van der Waals surface area contributed by atoms with Crippen LogP contribution in [0.15, 0.2) is 40.9 Å². The molecule has 0 aliphatic heterocycles. The molecule has 0 atom stereocenters. The molecular weight excluding hydrogens is 302 g/mol. The molecule has 0 radical (unpaired) electrons. The van der Waals surface area contributed by atoms with E-state index in [-0.39, 0.29) is 6.61 Å². The Morgan fingerprint density at radius 1 is 1.06 bits per heavy atom. The van der Waals surface area contributed by atoms with Crippen molar-refractivity contribution in [2.24, 2.45) is 0 Å². The lowest BCUT2D eigenvalue weighted by Gasteiger charge is -2.09. The minimum Gasteiger partial charge on any atom is -0.489 e. The van der Waals surface area contributed by atoms with Gasteiger partial charge in [0.15, 0.2) is 11.6 Å². The van der Waals surface area contributed by atoms with Crippen LogP contribution in [0.4, 0.5) is 8.78 Å². The maximum atomic E-state index is 13.0. The normalized spacial score (nSPS) is 10.4. The molecule has 0 bridgehead atoms. The van der Waals surface area contributed by atoms with E-state index < -0.39 is 11.6 Å². The monoisotopic (exact) mass is 312 g/mol. The average molecular weight is 313 g/mol. The van der Waals surface area contributed by atoms with Crippen LogP contribution in [0.3, 0.4) is 0 Å². The molecule has 0 aliphatic rings. The van der Waals surface area contributed by atoms with Gasteiger partial charge < -0.3 is 4.74 Å². The summed E-state index contributed by atoms with van der Waals surface area (Å²) >= 11 is 3.35. The first-order valence-electron chi connectivity index (χ1n) is 5.39. The van der Waals surface area contributed by atoms with Gasteiger partial charge in [-0.1, -0.05) is 28.1 Å². The molecule has 2 aromatic carbocycles. The molecule has 1 nitrogen and oxygen atoms in total. The molecule has 2 rings (SSSR count). The van der Waals surface area contributed by atoms with Gasteiger partial charge in [-0.25, -0.2) is 8.78 Å². The molecule has 0 unspecified atom stereocenters. The number of aryl methyl sites for hydroxylation is 1. The second-order valence-electron chi connectivity index (χ2n) is 3.95. The average Bonchev–Trinajstić information content (AvgIpc) is 2.34. The van der Waals surface area contributed by atoms with E-state index in [0.717, 1.165) is 22.2 Å². The van der Waals surface area contributed by atoms with Crippen molar-refractivity contribution in [3.05, 3.63) is 63.6 Å². The van der Waals surface area contributed by atoms with Crippen LogP contribution in [-0.4, -0.2) is 0 Å². The predicted molar refractivity (Wildman–Crippen MR) is 69.6 cm³/mol. The van der Waals surface area contributed by atoms with E-state index in [0.29, 0.717) is 11.3 Å². The SMILES string of the molecule is Cc1ccc(Br)cc1OCc1ccc(F)c(F)c1. The smallest absolute Gasteiger partial charge is 0.159 e. The number of benzene rings is 2. The van der Waals surface area contributed by atoms with Crippen molar-refractivity contribution >= 4 is 15.9 Å². The highest BCUT2D eigenvalue weighted by atomic mass is 79.9. The molecule has 0 saturated carbocycles. The van der Waals surface area contributed by atoms with E-state index in [1.807, 2.05) is 25.1 Å². The first-order valence-corrected chi connectivity index (χ1v) is 6.18. The Bertz CT molecular complexity index is 570. The van der Waals surface area contributed by atoms with Crippen LogP contribution < -0.4 is 4.74 Å². The molecule has 0 amide bonds. The van der Waals surface area contributed by atoms with Gasteiger partial charge in [-0.05, 0) is 42.3 Å². The molecule has 0 fully saturated rings. The molecule has 18 heavy (non-hydrogen) atoms. The minimum atomic E-state index is -0.859. The van der Waals surface area contributed by atoms with Gasteiger partial charge in [0.1, 0.15) is 12.4 Å². The quantitative estimate of drug-likeness (QED) is 0.804. The van der Waals surface area contributed by atoms with Crippen LogP contribution in [0.2, 0.25) is 0 Å². The van der Waals surface area contributed by atoms with E-state index in [2.05, 4.69) is 15.9 Å². The van der Waals surface area contributed by atoms with Gasteiger partial charge >= 0.3 is 0 Å². The standard InChI is InChI=1S/C14H11BrF2O/c1-9-2-4-11(15)7-14(9)18-8-10-3-5-12(16)13(17)6-10/h2-7H,8H2,1H3. The van der Waals surface area contributed by atoms with Gasteiger partial charge in [0, 0.05) is 4.47 Å². The molecular formula is C14H11BrF2O. The van der Waals surface area contributed by atoms with E-state index in [4.69, 9.17) is 4.74 Å². The number of hydrogen-bond donors (Lipinski definition) is 0. The third-order valence-corrected chi connectivity index (χ3v) is 3.02. The van der Waals surface area contributed by atoms with Crippen LogP contribution in [0.25, 0.3) is 0 Å². The lowest BCUT2D eigenvalue weighted by molar-refractivity contribution is 0.303. The van der Waals surface area contributed by atoms with Gasteiger partial charge in [0.25, 0.3) is 0 Å². The largest absolute Gasteiger partial charge is 0.489 e. The van der Waals surface area contributed by atoms with Crippen molar-refractivity contribution in [2.75, 3.05) is 0 Å². The van der Waals surface area contributed by atoms with Crippen LogP contribution in [0, 0.1) is 18.6 Å². The van der Waals surface area contributed by atoms with Crippen LogP contribution >= 0.6 is 15.9 Å². The van der Waals surface area contributed by atoms with E-state index in [1.165, 1.54) is 6.07 Å². The highest BCUT2D eigenvalue weighted by molar-refractivity contribution is 9.10. The topological polar surface area (TPSA) is 9.23 Å². The maximum Gasteiger partial charge on any atom is 0.159 e. The van der Waals surface area contributed by atoms with Crippen LogP contribution in [0.1, 0.15) is 11.1 Å². The van der Waals surface area contributed by atoms with Crippen molar-refractivity contribution in [3.8, 4) is 5.75 Å². The van der Waals surface area contributed by atoms with E-state index in [1.54, 1.807) is 0 Å². The fourth-order valence-electron chi connectivity index (χ4n) is 1.52. The molecule has 0 spiro atoms. The lowest BCUT2D eigenvalue weighted by Crippen LogP contribution is -1.98. The second-order valence-corrected chi connectivity index (χ2v) is 4.86. The third-order valence-electron chi connectivity index (χ3n) is 2.53. The number of hydrogen-bond acceptors (Lipinski definition) is 1. The Balaban J connectivity index is 2.11. The van der Waals surface area contributed by atoms with Gasteiger partial charge in [0.2, 0.25) is 0 Å². The molecule has 2 aromatic rings. The maximum absolute atomic E-state index is 13.0. The summed E-state index contributed by atoms with van der Waals surface area (Å²) < 4.78 is 32.3. The predicted octanol–water partition coefficient (Wildman–Crippen LogP) is 4.61. The highest BCUT2D eigenvalue weighted by Crippen LogP contribution is 2.24. The van der Waals surface area contributed by atoms with Crippen LogP contribution in [-0.2, 0) is 6.61 Å². The Morgan fingerprint density at radius 2 is 1.83 bits per heavy atom. The first kappa shape index (κ1) is 13.0. The van der Waals surface area contributed by atoms with Gasteiger partial charge in [-0.2, -0.15) is 0 Å². The summed E-state index contributed by atoms with van der Waals surface area (Å²) in [7, 11) is 0. The fourth-order valence-corrected chi connectivity index (χ4v) is 1.86. The molecule has 0 aromatic heterocycles. The summed E-state index contributed by atoms with van der Waals surface area (Å²) in [6.45, 7) is 2.13. The summed E-state index contributed by atoms with van der Waals surface area (Å²) in [5, 5.41) is 0. The van der Waals surface area contributed by atoms with Gasteiger partial charge in [-0.3, -0.25) is 0 Å². The zero-order valence-electron chi connectivity index (χ0n) is 9.71. The summed E-state index contributed by atoms with van der Waals surface area (Å²) in [5.74, 6) is -0.992. The third kappa shape index (κ3) is 3.07. The second kappa shape index (κ2) is 5.48. The van der Waals surface area contributed by atoms with Gasteiger partial charge in [0.05, 0.1) is 0 Å². The molecule has 0 N–H and O–H groups in total. The molecule has 94 valence electrons. The minimum absolute atomic E-state index is 0.203. The molecule has 0 aliphatic carbocycles. The molecule has 0 heterocycles. The first-order chi connectivity index (χ1) is 8.56. The summed E-state index contributed by atoms with van der Waals surface area (Å²) in [6, 6.07) is 9.43. The van der Waals surface area contributed by atoms with Crippen molar-refractivity contribution in [3.63, 3.8) is 0 Å². The van der Waals surface area contributed by atoms with Crippen LogP contribution in [0.5, 0.6) is 5.75 Å². The summed E-state index contributed by atoms with van der Waals surface area (Å²) in [5.41, 5.74) is 1.58. The van der Waals surface area contributed by atoms with Gasteiger partial charge in [-0.15, -0.1) is 0 Å². The zero-order chi connectivity index (χ0) is 13.1. The fraction of sp³-hybridized carbons (Fsp3) is 0.143. The van der Waals surface area contributed by atoms with Crippen molar-refractivity contribution < 1.29 is 13.5 Å². The van der Waals surface area contributed by atoms with E-state index in [9.17, 15) is 8.78 Å². The van der Waals surface area contributed by atoms with Crippen molar-refractivity contribution in [1.29, 1.82) is 0 Å². The Morgan fingerprint density at radius 3 is 2.56 bits per heavy atom. The van der Waals surface area contributed by atoms with Crippen molar-refractivity contribution in [1.82, 2.24) is 0 Å². The number of rotatable bonds is 3. The Kier molecular flexibility index (Phi) is 3.97. The van der Waals surface area contributed by atoms with E-state index >= 15 is 0 Å². The lowest BCUT2D eigenvalue weighted by atomic mass is 10.2. The molecule has 4 heteroatoms. The number of halogens is 3. The molecule has 0 saturated heterocycles. The highest BCUT2D eigenvalue weighted by Gasteiger charge is 2.05. The number of ether oxygens (including phenoxy) is 1. The summed E-state index contributed by atoms with van der Waals surface area (Å²) in [4.78, 5) is 0. The van der Waals surface area contributed by atoms with Crippen molar-refractivity contribution in [2.45, 2.75) is 13.5 Å². The Labute approximate surface area is 113 Å². The summed E-state index contributed by atoms with van der Waals surface area (Å²) in [6.07, 6.45) is 0.